The summed E-state index contributed by atoms with van der Waals surface area (Å²) in [4.78, 5) is 0. The molecule has 102 valence electrons. The van der Waals surface area contributed by atoms with Gasteiger partial charge in [0.2, 0.25) is 12.3 Å². The minimum Gasteiger partial charge on any atom is -0.401 e. The van der Waals surface area contributed by atoms with Gasteiger partial charge < -0.3 is 4.42 Å². The number of hydrogen-bond acceptors (Lipinski definition) is 1. The maximum Gasteiger partial charge on any atom is 0.345 e. The first kappa shape index (κ1) is 13.2. The van der Waals surface area contributed by atoms with Crippen molar-refractivity contribution in [2.24, 2.45) is 0 Å². The third-order valence-electron chi connectivity index (χ3n) is 3.45. The molecule has 3 aromatic rings. The van der Waals surface area contributed by atoms with Gasteiger partial charge in [0, 0.05) is 5.56 Å². The highest BCUT2D eigenvalue weighted by Crippen LogP contribution is 2.31. The summed E-state index contributed by atoms with van der Waals surface area (Å²) in [6.07, 6.45) is 5.51. The van der Waals surface area contributed by atoms with Crippen molar-refractivity contribution in [1.82, 2.24) is 0 Å². The summed E-state index contributed by atoms with van der Waals surface area (Å²) in [5, 5.41) is 0. The monoisotopic (exact) mass is 274 g/mol. The first-order valence-corrected chi connectivity index (χ1v) is 6.89. The van der Waals surface area contributed by atoms with Gasteiger partial charge in [0.1, 0.15) is 0 Å². The molecule has 0 bridgehead atoms. The Morgan fingerprint density at radius 2 is 1.52 bits per heavy atom. The topological polar surface area (TPSA) is 17.0 Å². The molecule has 2 heteroatoms. The molecule has 0 radical (unpaired) electrons. The fraction of sp³-hybridized carbons (Fsp3) is 0.105. The lowest BCUT2D eigenvalue weighted by molar-refractivity contribution is -0.683. The predicted molar refractivity (Wildman–Crippen MR) is 83.3 cm³/mol. The normalized spacial score (nSPS) is 10.3. The van der Waals surface area contributed by atoms with Crippen molar-refractivity contribution in [3.05, 3.63) is 66.6 Å². The van der Waals surface area contributed by atoms with Crippen molar-refractivity contribution in [1.29, 1.82) is 0 Å². The van der Waals surface area contributed by atoms with E-state index in [4.69, 9.17) is 10.8 Å². The number of nitrogens with zero attached hydrogens (tertiary/aromatic N) is 1. The zero-order valence-corrected chi connectivity index (χ0v) is 11.9. The van der Waals surface area contributed by atoms with E-state index in [1.807, 2.05) is 60.0 Å². The van der Waals surface area contributed by atoms with Crippen LogP contribution in [-0.2, 0) is 6.54 Å². The van der Waals surface area contributed by atoms with E-state index in [1.54, 1.807) is 0 Å². The Morgan fingerprint density at radius 1 is 0.952 bits per heavy atom. The van der Waals surface area contributed by atoms with E-state index in [1.165, 1.54) is 0 Å². The molecule has 1 aromatic heterocycles. The summed E-state index contributed by atoms with van der Waals surface area (Å²) in [5.41, 5.74) is 3.18. The molecule has 0 aliphatic carbocycles. The molecule has 0 aliphatic heterocycles. The Bertz CT molecular complexity index is 780. The van der Waals surface area contributed by atoms with Gasteiger partial charge in [-0.15, -0.1) is 11.0 Å². The summed E-state index contributed by atoms with van der Waals surface area (Å²) in [6, 6.07) is 20.3. The highest BCUT2D eigenvalue weighted by atomic mass is 16.4. The lowest BCUT2D eigenvalue weighted by Crippen LogP contribution is -2.36. The zero-order chi connectivity index (χ0) is 14.7. The lowest BCUT2D eigenvalue weighted by Gasteiger charge is -1.99. The first-order valence-electron chi connectivity index (χ1n) is 6.89. The van der Waals surface area contributed by atoms with Crippen LogP contribution in [0.5, 0.6) is 0 Å². The number of rotatable bonds is 3. The predicted octanol–water partition coefficient (Wildman–Crippen LogP) is 3.84. The molecule has 0 aliphatic rings. The average molecular weight is 274 g/mol. The fourth-order valence-corrected chi connectivity index (χ4v) is 2.48. The van der Waals surface area contributed by atoms with Crippen LogP contribution >= 0.6 is 0 Å². The summed E-state index contributed by atoms with van der Waals surface area (Å²) in [5.74, 6) is 4.37. The Morgan fingerprint density at radius 3 is 2.10 bits per heavy atom. The van der Waals surface area contributed by atoms with E-state index < -0.39 is 0 Å². The van der Waals surface area contributed by atoms with E-state index >= 15 is 0 Å². The van der Waals surface area contributed by atoms with Crippen LogP contribution in [0.15, 0.2) is 65.1 Å². The Hall–Kier alpha value is -2.79. The zero-order valence-electron chi connectivity index (χ0n) is 11.9. The van der Waals surface area contributed by atoms with Crippen LogP contribution in [0.2, 0.25) is 0 Å². The maximum atomic E-state index is 6.01. The van der Waals surface area contributed by atoms with E-state index in [-0.39, 0.29) is 0 Å². The van der Waals surface area contributed by atoms with Gasteiger partial charge in [-0.05, 0) is 18.1 Å². The standard InChI is InChI=1S/C19H16NO/c1-3-14-20-15(2)21-19(17-12-8-5-9-13-17)18(20)16-10-6-4-7-11-16/h1,4-13H,14H2,2H3/q+1. The third-order valence-corrected chi connectivity index (χ3v) is 3.45. The summed E-state index contributed by atoms with van der Waals surface area (Å²) < 4.78 is 8.05. The molecule has 0 fully saturated rings. The van der Waals surface area contributed by atoms with E-state index in [0.29, 0.717) is 6.54 Å². The molecule has 0 saturated heterocycles. The van der Waals surface area contributed by atoms with Crippen molar-refractivity contribution in [3.63, 3.8) is 0 Å². The molecule has 0 atom stereocenters. The van der Waals surface area contributed by atoms with Crippen molar-refractivity contribution in [2.45, 2.75) is 13.5 Å². The van der Waals surface area contributed by atoms with E-state index in [2.05, 4.69) is 18.1 Å². The second kappa shape index (κ2) is 5.68. The number of oxazole rings is 1. The molecule has 0 amide bonds. The number of hydrogen-bond donors (Lipinski definition) is 0. The van der Waals surface area contributed by atoms with Crippen molar-refractivity contribution >= 4 is 0 Å². The van der Waals surface area contributed by atoms with Crippen LogP contribution in [0, 0.1) is 19.3 Å². The van der Waals surface area contributed by atoms with Crippen LogP contribution in [0.3, 0.4) is 0 Å². The molecule has 0 N–H and O–H groups in total. The van der Waals surface area contributed by atoms with Crippen LogP contribution in [-0.4, -0.2) is 0 Å². The van der Waals surface area contributed by atoms with Gasteiger partial charge in [-0.25, -0.2) is 0 Å². The largest absolute Gasteiger partial charge is 0.401 e. The molecular formula is C19H16NO+. The van der Waals surface area contributed by atoms with E-state index in [9.17, 15) is 0 Å². The summed E-state index contributed by atoms with van der Waals surface area (Å²) in [7, 11) is 0. The second-order valence-electron chi connectivity index (χ2n) is 4.82. The SMILES string of the molecule is C#CC[n+]1c(C)oc(-c2ccccc2)c1-c1ccccc1. The smallest absolute Gasteiger partial charge is 0.345 e. The highest BCUT2D eigenvalue weighted by molar-refractivity contribution is 5.74. The number of terminal acetylenes is 1. The molecule has 2 nitrogen and oxygen atoms in total. The van der Waals surface area contributed by atoms with Gasteiger partial charge in [-0.2, -0.15) is 0 Å². The molecule has 0 saturated carbocycles. The summed E-state index contributed by atoms with van der Waals surface area (Å²) in [6.45, 7) is 2.43. The Balaban J connectivity index is 2.27. The van der Waals surface area contributed by atoms with Crippen LogP contribution in [0.4, 0.5) is 0 Å². The Labute approximate surface area is 124 Å². The highest BCUT2D eigenvalue weighted by Gasteiger charge is 2.27. The third kappa shape index (κ3) is 2.46. The fourth-order valence-electron chi connectivity index (χ4n) is 2.48. The molecule has 1 heterocycles. The van der Waals surface area contributed by atoms with Gasteiger partial charge in [0.05, 0.1) is 12.5 Å². The minimum absolute atomic E-state index is 0.492. The molecular weight excluding hydrogens is 258 g/mol. The van der Waals surface area contributed by atoms with Gasteiger partial charge in [0.15, 0.2) is 0 Å². The van der Waals surface area contributed by atoms with Gasteiger partial charge in [-0.1, -0.05) is 48.5 Å². The first-order chi connectivity index (χ1) is 10.3. The second-order valence-corrected chi connectivity index (χ2v) is 4.82. The molecule has 0 spiro atoms. The van der Waals surface area contributed by atoms with Crippen LogP contribution in [0.25, 0.3) is 22.6 Å². The van der Waals surface area contributed by atoms with Crippen LogP contribution < -0.4 is 4.57 Å². The maximum absolute atomic E-state index is 6.01. The average Bonchev–Trinajstić information content (AvgIpc) is 2.86. The quantitative estimate of drug-likeness (QED) is 0.524. The molecule has 0 unspecified atom stereocenters. The van der Waals surface area contributed by atoms with Crippen molar-refractivity contribution in [3.8, 4) is 34.9 Å². The van der Waals surface area contributed by atoms with Crippen molar-refractivity contribution < 1.29 is 8.98 Å². The van der Waals surface area contributed by atoms with Gasteiger partial charge in [-0.3, -0.25) is 0 Å². The van der Waals surface area contributed by atoms with Gasteiger partial charge >= 0.3 is 5.89 Å². The lowest BCUT2D eigenvalue weighted by atomic mass is 10.1. The molecule has 3 rings (SSSR count). The number of benzene rings is 2. The molecule has 21 heavy (non-hydrogen) atoms. The minimum atomic E-state index is 0.492. The van der Waals surface area contributed by atoms with E-state index in [0.717, 1.165) is 28.5 Å². The Kier molecular flexibility index (Phi) is 3.57. The summed E-state index contributed by atoms with van der Waals surface area (Å²) >= 11 is 0. The van der Waals surface area contributed by atoms with Crippen molar-refractivity contribution in [2.75, 3.05) is 0 Å². The number of aromatic nitrogens is 1. The van der Waals surface area contributed by atoms with Crippen LogP contribution in [0.1, 0.15) is 5.89 Å². The van der Waals surface area contributed by atoms with Gasteiger partial charge in [0.25, 0.3) is 5.69 Å². The number of aryl methyl sites for hydroxylation is 1. The molecule has 2 aromatic carbocycles.